The van der Waals surface area contributed by atoms with Crippen LogP contribution < -0.4 is 0 Å². The van der Waals surface area contributed by atoms with Gasteiger partial charge in [0.2, 0.25) is 0 Å². The molecule has 0 aromatic carbocycles. The van der Waals surface area contributed by atoms with Gasteiger partial charge in [0.1, 0.15) is 25.5 Å². The van der Waals surface area contributed by atoms with E-state index in [1.165, 1.54) is 133 Å². The summed E-state index contributed by atoms with van der Waals surface area (Å²) in [4.78, 5) is 36.3. The lowest BCUT2D eigenvalue weighted by Crippen LogP contribution is -2.50. The summed E-state index contributed by atoms with van der Waals surface area (Å²) in [6, 6.07) is 0. The number of fused-ring (bicyclic) bond motifs is 5. The van der Waals surface area contributed by atoms with E-state index in [2.05, 4.69) is 47.6 Å². The van der Waals surface area contributed by atoms with Crippen LogP contribution in [0.15, 0.2) is 11.6 Å². The SMILES string of the molecule is CCCCCCCCCCCCCCCC(=O)OCC(COP(=O)(O)OCC[N+](C)(C)C)OC(=O)CSS[C@H]1CC[C@@]2(C)C(=CC[C@H]3[C@@H]4CC[C@H]([C@H](C)CCCC(C)C)[C@@]4(C)CC[C@@H]32)C1. The molecular formula is C53H97NO8PS2+. The van der Waals surface area contributed by atoms with Gasteiger partial charge in [-0.1, -0.05) is 171 Å². The van der Waals surface area contributed by atoms with Crippen molar-refractivity contribution in [2.24, 2.45) is 46.3 Å². The predicted octanol–water partition coefficient (Wildman–Crippen LogP) is 14.6. The normalized spacial score (nSPS) is 28.4. The lowest BCUT2D eigenvalue weighted by molar-refractivity contribution is -0.870. The minimum absolute atomic E-state index is 0.0284. The van der Waals surface area contributed by atoms with Crippen molar-refractivity contribution in [2.75, 3.05) is 53.3 Å². The van der Waals surface area contributed by atoms with Crippen molar-refractivity contribution in [2.45, 2.75) is 213 Å². The summed E-state index contributed by atoms with van der Waals surface area (Å²) in [5.74, 6) is 4.25. The molecule has 0 aromatic heterocycles. The Morgan fingerprint density at radius 1 is 0.815 bits per heavy atom. The Kier molecular flexibility index (Phi) is 24.9. The second kappa shape index (κ2) is 28.3. The van der Waals surface area contributed by atoms with E-state index in [1.807, 2.05) is 21.1 Å². The summed E-state index contributed by atoms with van der Waals surface area (Å²) in [5.41, 5.74) is 2.43. The number of rotatable bonds is 33. The molecule has 0 heterocycles. The highest BCUT2D eigenvalue weighted by molar-refractivity contribution is 8.77. The van der Waals surface area contributed by atoms with E-state index in [9.17, 15) is 19.0 Å². The quantitative estimate of drug-likeness (QED) is 0.0171. The van der Waals surface area contributed by atoms with Crippen LogP contribution in [-0.4, -0.2) is 85.9 Å². The van der Waals surface area contributed by atoms with Gasteiger partial charge in [0.15, 0.2) is 6.10 Å². The number of esters is 2. The maximum atomic E-state index is 13.2. The average Bonchev–Trinajstić information content (AvgIpc) is 3.60. The van der Waals surface area contributed by atoms with Crippen molar-refractivity contribution in [3.8, 4) is 0 Å². The van der Waals surface area contributed by atoms with Crippen molar-refractivity contribution in [3.63, 3.8) is 0 Å². The number of phosphoric acid groups is 1. The zero-order chi connectivity index (χ0) is 47.5. The molecule has 10 atom stereocenters. The maximum Gasteiger partial charge on any atom is 0.472 e. The minimum Gasteiger partial charge on any atom is -0.462 e. The first-order valence-corrected chi connectivity index (χ1v) is 30.5. The van der Waals surface area contributed by atoms with Gasteiger partial charge in [-0.15, -0.1) is 0 Å². The molecule has 12 heteroatoms. The fourth-order valence-electron chi connectivity index (χ4n) is 12.4. The van der Waals surface area contributed by atoms with Crippen LogP contribution in [0.25, 0.3) is 0 Å². The fourth-order valence-corrected chi connectivity index (χ4v) is 15.6. The van der Waals surface area contributed by atoms with Crippen LogP contribution >= 0.6 is 29.4 Å². The summed E-state index contributed by atoms with van der Waals surface area (Å²) in [5, 5.41) is 0.439. The molecule has 0 bridgehead atoms. The Bertz CT molecular complexity index is 1490. The molecule has 0 saturated heterocycles. The second-order valence-electron chi connectivity index (χ2n) is 22.9. The Hall–Kier alpha value is -0.550. The summed E-state index contributed by atoms with van der Waals surface area (Å²) in [6.45, 7) is 14.7. The fraction of sp³-hybridized carbons (Fsp3) is 0.925. The first-order valence-electron chi connectivity index (χ1n) is 26.6. The maximum absolute atomic E-state index is 13.2. The molecule has 0 amide bonds. The number of ether oxygens (including phenoxy) is 2. The highest BCUT2D eigenvalue weighted by Crippen LogP contribution is 2.68. The van der Waals surface area contributed by atoms with Gasteiger partial charge >= 0.3 is 19.8 Å². The molecule has 2 unspecified atom stereocenters. The topological polar surface area (TPSA) is 108 Å². The molecule has 65 heavy (non-hydrogen) atoms. The van der Waals surface area contributed by atoms with Crippen LogP contribution in [0.4, 0.5) is 0 Å². The van der Waals surface area contributed by atoms with E-state index in [4.69, 9.17) is 18.5 Å². The molecule has 4 rings (SSSR count). The zero-order valence-electron chi connectivity index (χ0n) is 42.9. The Morgan fingerprint density at radius 2 is 1.48 bits per heavy atom. The number of nitrogens with zero attached hydrogens (tertiary/aromatic N) is 1. The molecule has 4 aliphatic rings. The van der Waals surface area contributed by atoms with Crippen LogP contribution in [0.1, 0.15) is 202 Å². The highest BCUT2D eigenvalue weighted by Gasteiger charge is 2.59. The van der Waals surface area contributed by atoms with Gasteiger partial charge in [-0.25, -0.2) is 4.57 Å². The number of carbonyl (C=O) groups is 2. The van der Waals surface area contributed by atoms with Crippen LogP contribution in [0, 0.1) is 46.3 Å². The van der Waals surface area contributed by atoms with Gasteiger partial charge in [-0.05, 0) is 104 Å². The first kappa shape index (κ1) is 57.0. The molecule has 0 radical (unpaired) electrons. The van der Waals surface area contributed by atoms with Crippen molar-refractivity contribution in [1.29, 1.82) is 0 Å². The van der Waals surface area contributed by atoms with Gasteiger partial charge in [0.25, 0.3) is 0 Å². The lowest BCUT2D eigenvalue weighted by Gasteiger charge is -2.58. The van der Waals surface area contributed by atoms with Gasteiger partial charge in [-0.3, -0.25) is 18.6 Å². The molecule has 9 nitrogen and oxygen atoms in total. The van der Waals surface area contributed by atoms with Crippen LogP contribution in [0.5, 0.6) is 0 Å². The number of carbonyl (C=O) groups excluding carboxylic acids is 2. The lowest BCUT2D eigenvalue weighted by atomic mass is 9.47. The zero-order valence-corrected chi connectivity index (χ0v) is 45.5. The molecule has 0 aliphatic heterocycles. The third-order valence-corrected chi connectivity index (χ3v) is 20.0. The molecule has 1 N–H and O–H groups in total. The number of hydrogen-bond acceptors (Lipinski definition) is 9. The number of allylic oxidation sites excluding steroid dienone is 2. The summed E-state index contributed by atoms with van der Waals surface area (Å²) < 4.78 is 35.0. The van der Waals surface area contributed by atoms with E-state index in [-0.39, 0.29) is 36.8 Å². The smallest absolute Gasteiger partial charge is 0.462 e. The molecule has 4 aliphatic carbocycles. The summed E-state index contributed by atoms with van der Waals surface area (Å²) in [7, 11) is 4.77. The van der Waals surface area contributed by atoms with E-state index >= 15 is 0 Å². The Labute approximate surface area is 406 Å². The average molecular weight is 971 g/mol. The largest absolute Gasteiger partial charge is 0.472 e. The van der Waals surface area contributed by atoms with Gasteiger partial charge in [0, 0.05) is 11.7 Å². The summed E-state index contributed by atoms with van der Waals surface area (Å²) >= 11 is 0. The van der Waals surface area contributed by atoms with E-state index in [1.54, 1.807) is 16.4 Å². The molecule has 0 aromatic rings. The van der Waals surface area contributed by atoms with Crippen LogP contribution in [-0.2, 0) is 32.7 Å². The molecule has 3 saturated carbocycles. The summed E-state index contributed by atoms with van der Waals surface area (Å²) in [6.07, 6.45) is 32.2. The molecule has 378 valence electrons. The first-order chi connectivity index (χ1) is 30.9. The van der Waals surface area contributed by atoms with Crippen molar-refractivity contribution >= 4 is 41.3 Å². The van der Waals surface area contributed by atoms with Gasteiger partial charge in [-0.2, -0.15) is 0 Å². The number of quaternary nitrogens is 1. The monoisotopic (exact) mass is 971 g/mol. The highest BCUT2D eigenvalue weighted by atomic mass is 33.1. The Morgan fingerprint density at radius 3 is 2.12 bits per heavy atom. The number of hydrogen-bond donors (Lipinski definition) is 1. The Balaban J connectivity index is 1.20. The van der Waals surface area contributed by atoms with E-state index < -0.39 is 26.5 Å². The number of phosphoric ester groups is 1. The van der Waals surface area contributed by atoms with Crippen LogP contribution in [0.2, 0.25) is 0 Å². The van der Waals surface area contributed by atoms with Crippen molar-refractivity contribution < 1.29 is 42.1 Å². The third kappa shape index (κ3) is 19.3. The van der Waals surface area contributed by atoms with Crippen molar-refractivity contribution in [3.05, 3.63) is 11.6 Å². The second-order valence-corrected chi connectivity index (χ2v) is 27.0. The minimum atomic E-state index is -4.41. The van der Waals surface area contributed by atoms with Crippen molar-refractivity contribution in [1.82, 2.24) is 0 Å². The van der Waals surface area contributed by atoms with Gasteiger partial charge in [0.05, 0.1) is 27.7 Å². The van der Waals surface area contributed by atoms with E-state index in [0.29, 0.717) is 21.7 Å². The molecule has 3 fully saturated rings. The predicted molar refractivity (Wildman–Crippen MR) is 273 cm³/mol. The third-order valence-electron chi connectivity index (χ3n) is 16.3. The van der Waals surface area contributed by atoms with E-state index in [0.717, 1.165) is 67.6 Å². The standard InChI is InChI=1S/C53H96NO8PS2/c1-10-11-12-13-14-15-16-17-18-19-20-21-22-26-50(55)59-38-44(39-61-63(57,58)60-36-35-54(7,8)9)62-51(56)40-64-65-45-31-33-52(5)43(37-45)27-28-46-48-30-29-47(42(4)25-23-24-41(2)3)53(48,6)34-32-49(46)52/h27,41-42,44-49H,10-26,28-40H2,1-9H3/p+1/t42-,44?,45+,46+,47-,48+,49+,52+,53-/m1/s1. The van der Waals surface area contributed by atoms with Crippen LogP contribution in [0.3, 0.4) is 0 Å². The number of likely N-dealkylation sites (N-methyl/N-ethyl adjacent to an activating group) is 1. The number of unbranched alkanes of at least 4 members (excludes halogenated alkanes) is 12. The van der Waals surface area contributed by atoms with Gasteiger partial charge < -0.3 is 18.9 Å². The molecular weight excluding hydrogens is 874 g/mol. The molecule has 0 spiro atoms.